The summed E-state index contributed by atoms with van der Waals surface area (Å²) in [6.45, 7) is 1.04. The number of hydrogen-bond donors (Lipinski definition) is 1. The minimum atomic E-state index is -0.410. The molecule has 0 unspecified atom stereocenters. The molecule has 0 fully saturated rings. The van der Waals surface area contributed by atoms with Crippen LogP contribution in [0.2, 0.25) is 0 Å². The number of rotatable bonds is 7. The number of nitrogens with one attached hydrogen (secondary N) is 1. The summed E-state index contributed by atoms with van der Waals surface area (Å²) < 4.78 is 13.8. The Morgan fingerprint density at radius 1 is 1.28 bits per heavy atom. The topological polar surface area (TPSA) is 32.3 Å². The van der Waals surface area contributed by atoms with Gasteiger partial charge < -0.3 is 10.2 Å². The van der Waals surface area contributed by atoms with Gasteiger partial charge in [0.25, 0.3) is 0 Å². The highest BCUT2D eigenvalue weighted by Gasteiger charge is 2.11. The molecule has 0 saturated heterocycles. The number of hydrogen-bond acceptors (Lipinski definition) is 2. The highest BCUT2D eigenvalue weighted by atomic mass is 35.5. The van der Waals surface area contributed by atoms with Gasteiger partial charge in [0.1, 0.15) is 5.82 Å². The second-order valence-electron chi connectivity index (χ2n) is 3.29. The van der Waals surface area contributed by atoms with Gasteiger partial charge in [0.15, 0.2) is 0 Å². The second-order valence-corrected chi connectivity index (χ2v) is 4.05. The van der Waals surface area contributed by atoms with Gasteiger partial charge in [0, 0.05) is 30.5 Å². The second kappa shape index (κ2) is 9.25. The summed E-state index contributed by atoms with van der Waals surface area (Å²) in [6, 6.07) is 4.49. The summed E-state index contributed by atoms with van der Waals surface area (Å²) in [7, 11) is 0. The molecule has 0 aliphatic rings. The van der Waals surface area contributed by atoms with E-state index in [1.165, 1.54) is 6.07 Å². The van der Waals surface area contributed by atoms with Crippen LogP contribution in [0.3, 0.4) is 0 Å². The zero-order chi connectivity index (χ0) is 12.7. The van der Waals surface area contributed by atoms with E-state index in [0.717, 1.165) is 0 Å². The first-order chi connectivity index (χ1) is 8.22. The highest BCUT2D eigenvalue weighted by Crippen LogP contribution is 2.22. The van der Waals surface area contributed by atoms with Crippen molar-refractivity contribution in [1.82, 2.24) is 0 Å². The third-order valence-electron chi connectivity index (χ3n) is 2.22. The molecular weight excluding hydrogens is 301 g/mol. The molecule has 18 heavy (non-hydrogen) atoms. The van der Waals surface area contributed by atoms with Gasteiger partial charge in [0.05, 0.1) is 5.69 Å². The number of alkyl halides is 2. The minimum absolute atomic E-state index is 0. The van der Waals surface area contributed by atoms with Crippen LogP contribution in [0.25, 0.3) is 0 Å². The third-order valence-corrected chi connectivity index (χ3v) is 2.56. The van der Waals surface area contributed by atoms with Gasteiger partial charge in [-0.3, -0.25) is 4.79 Å². The molecule has 0 spiro atoms. The predicted molar refractivity (Wildman–Crippen MR) is 77.0 cm³/mol. The molecule has 0 atom stereocenters. The smallest absolute Gasteiger partial charge is 0.211 e. The fraction of sp³-hybridized carbons (Fsp3) is 0.364. The SMILES string of the molecule is Cl.O=CNc1ccc(N(CCCl)CCCl)c(F)c1. The van der Waals surface area contributed by atoms with E-state index < -0.39 is 5.82 Å². The minimum Gasteiger partial charge on any atom is -0.367 e. The van der Waals surface area contributed by atoms with Crippen LogP contribution in [0.5, 0.6) is 0 Å². The van der Waals surface area contributed by atoms with Crippen molar-refractivity contribution in [2.45, 2.75) is 0 Å². The number of carbonyl (C=O) groups is 1. The van der Waals surface area contributed by atoms with Crippen molar-refractivity contribution < 1.29 is 9.18 Å². The summed E-state index contributed by atoms with van der Waals surface area (Å²) in [5.74, 6) is 0.377. The fourth-order valence-electron chi connectivity index (χ4n) is 1.48. The van der Waals surface area contributed by atoms with Crippen molar-refractivity contribution in [1.29, 1.82) is 0 Å². The van der Waals surface area contributed by atoms with Crippen molar-refractivity contribution in [2.75, 3.05) is 35.1 Å². The maximum atomic E-state index is 13.8. The Morgan fingerprint density at radius 3 is 2.33 bits per heavy atom. The summed E-state index contributed by atoms with van der Waals surface area (Å²) >= 11 is 11.3. The fourth-order valence-corrected chi connectivity index (χ4v) is 1.89. The lowest BCUT2D eigenvalue weighted by Crippen LogP contribution is -2.28. The predicted octanol–water partition coefficient (Wildman–Crippen LogP) is 3.10. The lowest BCUT2D eigenvalue weighted by atomic mass is 10.2. The lowest BCUT2D eigenvalue weighted by molar-refractivity contribution is -0.105. The molecule has 1 aromatic carbocycles. The molecule has 102 valence electrons. The maximum Gasteiger partial charge on any atom is 0.211 e. The quantitative estimate of drug-likeness (QED) is 0.619. The van der Waals surface area contributed by atoms with Gasteiger partial charge in [-0.1, -0.05) is 0 Å². The van der Waals surface area contributed by atoms with Crippen molar-refractivity contribution in [3.63, 3.8) is 0 Å². The van der Waals surface area contributed by atoms with Crippen LogP contribution < -0.4 is 10.2 Å². The highest BCUT2D eigenvalue weighted by molar-refractivity contribution is 6.18. The summed E-state index contributed by atoms with van der Waals surface area (Å²) in [4.78, 5) is 12.0. The van der Waals surface area contributed by atoms with E-state index in [-0.39, 0.29) is 12.4 Å². The van der Waals surface area contributed by atoms with E-state index in [4.69, 9.17) is 23.2 Å². The largest absolute Gasteiger partial charge is 0.367 e. The van der Waals surface area contributed by atoms with Gasteiger partial charge in [-0.05, 0) is 18.2 Å². The Balaban J connectivity index is 0.00000289. The molecule has 7 heteroatoms. The van der Waals surface area contributed by atoms with E-state index in [9.17, 15) is 9.18 Å². The molecule has 0 radical (unpaired) electrons. The van der Waals surface area contributed by atoms with Gasteiger partial charge in [-0.15, -0.1) is 35.6 Å². The standard InChI is InChI=1S/C11H13Cl2FN2O.ClH/c12-3-5-16(6-4-13)11-2-1-9(15-8-17)7-10(11)14;/h1-2,7-8H,3-6H2,(H,15,17);1H. The first kappa shape index (κ1) is 17.3. The molecule has 0 aromatic heterocycles. The van der Waals surface area contributed by atoms with Crippen LogP contribution in [0.4, 0.5) is 15.8 Å². The Morgan fingerprint density at radius 2 is 1.89 bits per heavy atom. The average Bonchev–Trinajstić information content (AvgIpc) is 2.29. The molecule has 1 amide bonds. The summed E-state index contributed by atoms with van der Waals surface area (Å²) in [6.07, 6.45) is 0.504. The Labute approximate surface area is 122 Å². The van der Waals surface area contributed by atoms with E-state index in [2.05, 4.69) is 5.32 Å². The Bertz CT molecular complexity index is 373. The monoisotopic (exact) mass is 314 g/mol. The zero-order valence-electron chi connectivity index (χ0n) is 9.54. The van der Waals surface area contributed by atoms with E-state index in [0.29, 0.717) is 42.6 Å². The van der Waals surface area contributed by atoms with Crippen LogP contribution in [-0.2, 0) is 4.79 Å². The molecule has 0 aliphatic carbocycles. The van der Waals surface area contributed by atoms with Crippen molar-refractivity contribution in [2.24, 2.45) is 0 Å². The first-order valence-electron chi connectivity index (χ1n) is 5.09. The van der Waals surface area contributed by atoms with Gasteiger partial charge >= 0.3 is 0 Å². The molecule has 3 nitrogen and oxygen atoms in total. The number of anilines is 2. The molecule has 1 rings (SSSR count). The molecule has 0 aliphatic heterocycles. The van der Waals surface area contributed by atoms with Gasteiger partial charge in [0.2, 0.25) is 6.41 Å². The van der Waals surface area contributed by atoms with Crippen LogP contribution in [0, 0.1) is 5.82 Å². The number of nitrogens with zero attached hydrogens (tertiary/aromatic N) is 1. The molecule has 0 bridgehead atoms. The van der Waals surface area contributed by atoms with Gasteiger partial charge in [-0.25, -0.2) is 4.39 Å². The van der Waals surface area contributed by atoms with Crippen molar-refractivity contribution >= 4 is 53.4 Å². The molecule has 0 saturated carbocycles. The Kier molecular flexibility index (Phi) is 8.89. The molecule has 1 aromatic rings. The summed E-state index contributed by atoms with van der Waals surface area (Å²) in [5.41, 5.74) is 0.848. The maximum absolute atomic E-state index is 13.8. The van der Waals surface area contributed by atoms with E-state index in [1.807, 2.05) is 0 Å². The number of halogens is 4. The van der Waals surface area contributed by atoms with Gasteiger partial charge in [-0.2, -0.15) is 0 Å². The zero-order valence-corrected chi connectivity index (χ0v) is 11.9. The molecular formula is C11H14Cl3FN2O. The van der Waals surface area contributed by atoms with Crippen LogP contribution in [0.15, 0.2) is 18.2 Å². The molecule has 1 N–H and O–H groups in total. The van der Waals surface area contributed by atoms with E-state index in [1.54, 1.807) is 17.0 Å². The van der Waals surface area contributed by atoms with Crippen LogP contribution in [-0.4, -0.2) is 31.3 Å². The van der Waals surface area contributed by atoms with Crippen molar-refractivity contribution in [3.8, 4) is 0 Å². The normalized spacial score (nSPS) is 9.50. The molecule has 0 heterocycles. The summed E-state index contributed by atoms with van der Waals surface area (Å²) in [5, 5.41) is 2.39. The van der Waals surface area contributed by atoms with Crippen molar-refractivity contribution in [3.05, 3.63) is 24.0 Å². The Hall–Kier alpha value is -0.710. The lowest BCUT2D eigenvalue weighted by Gasteiger charge is -2.23. The van der Waals surface area contributed by atoms with Crippen LogP contribution in [0.1, 0.15) is 0 Å². The number of amides is 1. The number of carbonyl (C=O) groups excluding carboxylic acids is 1. The van der Waals surface area contributed by atoms with E-state index >= 15 is 0 Å². The number of benzene rings is 1. The average molecular weight is 316 g/mol. The third kappa shape index (κ3) is 4.88. The first-order valence-corrected chi connectivity index (χ1v) is 6.16. The van der Waals surface area contributed by atoms with Crippen LogP contribution >= 0.6 is 35.6 Å².